The van der Waals surface area contributed by atoms with Crippen molar-refractivity contribution in [1.29, 1.82) is 0 Å². The Morgan fingerprint density at radius 1 is 1.07 bits per heavy atom. The molecule has 0 saturated heterocycles. The standard InChI is InChI=1S/C21H18ClN3O4/c22-16-4-2-1-3-15(16)20-24-23-19(29-20)12-25(14-6-7-14)21(26)13-5-8-17-18(11-13)28-10-9-27-17/h1-5,8,11,14H,6-7,9-10,12H2. The highest BCUT2D eigenvalue weighted by molar-refractivity contribution is 6.33. The molecule has 8 heteroatoms. The summed E-state index contributed by atoms with van der Waals surface area (Å²) < 4.78 is 16.9. The number of carbonyl (C=O) groups excluding carboxylic acids is 1. The minimum atomic E-state index is -0.0954. The Bertz CT molecular complexity index is 1060. The van der Waals surface area contributed by atoms with Crippen molar-refractivity contribution >= 4 is 17.5 Å². The summed E-state index contributed by atoms with van der Waals surface area (Å²) in [5, 5.41) is 8.75. The summed E-state index contributed by atoms with van der Waals surface area (Å²) in [6, 6.07) is 12.7. The van der Waals surface area contributed by atoms with E-state index in [1.54, 1.807) is 29.2 Å². The van der Waals surface area contributed by atoms with E-state index in [-0.39, 0.29) is 18.5 Å². The second-order valence-corrected chi connectivity index (χ2v) is 7.41. The predicted octanol–water partition coefficient (Wildman–Crippen LogP) is 3.97. The Hall–Kier alpha value is -3.06. The fourth-order valence-electron chi connectivity index (χ4n) is 3.30. The lowest BCUT2D eigenvalue weighted by Crippen LogP contribution is -2.32. The zero-order valence-electron chi connectivity index (χ0n) is 15.5. The maximum absolute atomic E-state index is 13.2. The van der Waals surface area contributed by atoms with Gasteiger partial charge in [-0.3, -0.25) is 4.79 Å². The number of nitrogens with zero attached hydrogens (tertiary/aromatic N) is 3. The summed E-state index contributed by atoms with van der Waals surface area (Å²) in [6.07, 6.45) is 1.92. The molecule has 0 N–H and O–H groups in total. The molecule has 2 aliphatic rings. The highest BCUT2D eigenvalue weighted by Gasteiger charge is 2.34. The molecule has 5 rings (SSSR count). The molecule has 0 radical (unpaired) electrons. The fourth-order valence-corrected chi connectivity index (χ4v) is 3.52. The topological polar surface area (TPSA) is 77.7 Å². The van der Waals surface area contributed by atoms with E-state index in [1.165, 1.54) is 0 Å². The Kier molecular flexibility index (Phi) is 4.60. The van der Waals surface area contributed by atoms with Gasteiger partial charge in [0.2, 0.25) is 11.8 Å². The molecule has 0 unspecified atom stereocenters. The third-order valence-corrected chi connectivity index (χ3v) is 5.24. The molecule has 1 saturated carbocycles. The van der Waals surface area contributed by atoms with Crippen LogP contribution in [0.3, 0.4) is 0 Å². The van der Waals surface area contributed by atoms with Crippen molar-refractivity contribution in [2.75, 3.05) is 13.2 Å². The fraction of sp³-hybridized carbons (Fsp3) is 0.286. The van der Waals surface area contributed by atoms with E-state index in [0.29, 0.717) is 52.6 Å². The maximum Gasteiger partial charge on any atom is 0.254 e. The number of rotatable bonds is 5. The van der Waals surface area contributed by atoms with Crippen LogP contribution in [0.4, 0.5) is 0 Å². The van der Waals surface area contributed by atoms with Crippen LogP contribution in [-0.4, -0.2) is 40.3 Å². The first kappa shape index (κ1) is 18.0. The molecule has 1 aromatic heterocycles. The second kappa shape index (κ2) is 7.40. The average molecular weight is 412 g/mol. The average Bonchev–Trinajstić information content (AvgIpc) is 3.49. The van der Waals surface area contributed by atoms with E-state index in [1.807, 2.05) is 18.2 Å². The van der Waals surface area contributed by atoms with Gasteiger partial charge < -0.3 is 18.8 Å². The second-order valence-electron chi connectivity index (χ2n) is 7.00. The smallest absolute Gasteiger partial charge is 0.254 e. The van der Waals surface area contributed by atoms with Crippen molar-refractivity contribution < 1.29 is 18.7 Å². The zero-order chi connectivity index (χ0) is 19.8. The van der Waals surface area contributed by atoms with Gasteiger partial charge in [0.25, 0.3) is 5.91 Å². The number of hydrogen-bond donors (Lipinski definition) is 0. The van der Waals surface area contributed by atoms with Gasteiger partial charge in [-0.25, -0.2) is 0 Å². The summed E-state index contributed by atoms with van der Waals surface area (Å²) >= 11 is 6.21. The van der Waals surface area contributed by atoms with Crippen LogP contribution < -0.4 is 9.47 Å². The monoisotopic (exact) mass is 411 g/mol. The zero-order valence-corrected chi connectivity index (χ0v) is 16.3. The number of aromatic nitrogens is 2. The molecule has 0 spiro atoms. The normalized spacial score (nSPS) is 15.2. The molecule has 0 atom stereocenters. The molecule has 2 heterocycles. The van der Waals surface area contributed by atoms with Crippen molar-refractivity contribution in [3.05, 3.63) is 58.9 Å². The van der Waals surface area contributed by atoms with E-state index in [2.05, 4.69) is 10.2 Å². The van der Waals surface area contributed by atoms with Gasteiger partial charge in [0.05, 0.1) is 17.1 Å². The van der Waals surface area contributed by atoms with Crippen LogP contribution in [0.1, 0.15) is 29.1 Å². The number of benzene rings is 2. The number of hydrogen-bond acceptors (Lipinski definition) is 6. The Morgan fingerprint density at radius 3 is 2.66 bits per heavy atom. The van der Waals surface area contributed by atoms with Crippen molar-refractivity contribution in [3.63, 3.8) is 0 Å². The van der Waals surface area contributed by atoms with E-state index in [9.17, 15) is 4.79 Å². The first-order valence-electron chi connectivity index (χ1n) is 9.47. The van der Waals surface area contributed by atoms with Gasteiger partial charge in [0.1, 0.15) is 13.2 Å². The van der Waals surface area contributed by atoms with Gasteiger partial charge in [-0.2, -0.15) is 0 Å². The number of halogens is 1. The van der Waals surface area contributed by atoms with Crippen molar-refractivity contribution in [2.24, 2.45) is 0 Å². The minimum absolute atomic E-state index is 0.0954. The highest BCUT2D eigenvalue weighted by Crippen LogP contribution is 2.34. The van der Waals surface area contributed by atoms with Crippen LogP contribution in [0.2, 0.25) is 5.02 Å². The van der Waals surface area contributed by atoms with Crippen molar-refractivity contribution in [2.45, 2.75) is 25.4 Å². The third-order valence-electron chi connectivity index (χ3n) is 4.91. The van der Waals surface area contributed by atoms with Gasteiger partial charge in [-0.05, 0) is 43.2 Å². The molecule has 3 aromatic rings. The lowest BCUT2D eigenvalue weighted by atomic mass is 10.1. The lowest BCUT2D eigenvalue weighted by Gasteiger charge is -2.22. The van der Waals surface area contributed by atoms with E-state index >= 15 is 0 Å². The van der Waals surface area contributed by atoms with Crippen LogP contribution >= 0.6 is 11.6 Å². The van der Waals surface area contributed by atoms with Crippen LogP contribution in [-0.2, 0) is 6.54 Å². The molecule has 1 fully saturated rings. The summed E-state index contributed by atoms with van der Waals surface area (Å²) in [5.74, 6) is 1.87. The quantitative estimate of drug-likeness (QED) is 0.632. The molecule has 2 aromatic carbocycles. The Labute approximate surface area is 172 Å². The first-order chi connectivity index (χ1) is 14.2. The summed E-state index contributed by atoms with van der Waals surface area (Å²) in [5.41, 5.74) is 1.22. The highest BCUT2D eigenvalue weighted by atomic mass is 35.5. The summed E-state index contributed by atoms with van der Waals surface area (Å²) in [6.45, 7) is 1.23. The molecule has 0 bridgehead atoms. The van der Waals surface area contributed by atoms with Gasteiger partial charge in [0.15, 0.2) is 11.5 Å². The van der Waals surface area contributed by atoms with Gasteiger partial charge in [-0.1, -0.05) is 23.7 Å². The number of amides is 1. The van der Waals surface area contributed by atoms with Gasteiger partial charge >= 0.3 is 0 Å². The maximum atomic E-state index is 13.2. The molecule has 148 valence electrons. The van der Waals surface area contributed by atoms with Crippen LogP contribution in [0.15, 0.2) is 46.9 Å². The van der Waals surface area contributed by atoms with Gasteiger partial charge in [0, 0.05) is 11.6 Å². The van der Waals surface area contributed by atoms with E-state index in [4.69, 9.17) is 25.5 Å². The number of carbonyl (C=O) groups is 1. The van der Waals surface area contributed by atoms with E-state index in [0.717, 1.165) is 12.8 Å². The lowest BCUT2D eigenvalue weighted by molar-refractivity contribution is 0.0713. The Morgan fingerprint density at radius 2 is 1.86 bits per heavy atom. The largest absolute Gasteiger partial charge is 0.486 e. The summed E-state index contributed by atoms with van der Waals surface area (Å²) in [7, 11) is 0. The van der Waals surface area contributed by atoms with Crippen LogP contribution in [0, 0.1) is 0 Å². The van der Waals surface area contributed by atoms with E-state index < -0.39 is 0 Å². The van der Waals surface area contributed by atoms with Crippen LogP contribution in [0.25, 0.3) is 11.5 Å². The van der Waals surface area contributed by atoms with Crippen molar-refractivity contribution in [3.8, 4) is 23.0 Å². The minimum Gasteiger partial charge on any atom is -0.486 e. The molecule has 1 amide bonds. The number of ether oxygens (including phenoxy) is 2. The molecular weight excluding hydrogens is 394 g/mol. The molecule has 29 heavy (non-hydrogen) atoms. The number of fused-ring (bicyclic) bond motifs is 1. The molecule has 1 aliphatic carbocycles. The van der Waals surface area contributed by atoms with Crippen molar-refractivity contribution in [1.82, 2.24) is 15.1 Å². The summed E-state index contributed by atoms with van der Waals surface area (Å²) in [4.78, 5) is 14.9. The Balaban J connectivity index is 1.38. The first-order valence-corrected chi connectivity index (χ1v) is 9.85. The molecule has 1 aliphatic heterocycles. The van der Waals surface area contributed by atoms with Gasteiger partial charge in [-0.15, -0.1) is 10.2 Å². The third kappa shape index (κ3) is 3.65. The van der Waals surface area contributed by atoms with Crippen LogP contribution in [0.5, 0.6) is 11.5 Å². The predicted molar refractivity (Wildman–Crippen MR) is 105 cm³/mol. The molecular formula is C21H18ClN3O4. The molecule has 7 nitrogen and oxygen atoms in total. The SMILES string of the molecule is O=C(c1ccc2c(c1)OCCO2)N(Cc1nnc(-c2ccccc2Cl)o1)C1CC1.